The molecule has 1 amide bonds. The number of aromatic nitrogens is 2. The molecular weight excluding hydrogens is 331 g/mol. The van der Waals surface area contributed by atoms with Crippen molar-refractivity contribution in [1.82, 2.24) is 9.97 Å². The molecule has 6 heteroatoms. The number of anilines is 2. The van der Waals surface area contributed by atoms with Gasteiger partial charge in [-0.1, -0.05) is 6.07 Å². The molecule has 1 aromatic heterocycles. The van der Waals surface area contributed by atoms with Crippen LogP contribution in [-0.2, 0) is 0 Å². The molecule has 0 saturated carbocycles. The number of nitrogens with zero attached hydrogens (tertiary/aromatic N) is 2. The van der Waals surface area contributed by atoms with Crippen LogP contribution in [-0.4, -0.2) is 15.9 Å². The van der Waals surface area contributed by atoms with Crippen molar-refractivity contribution in [2.45, 2.75) is 0 Å². The van der Waals surface area contributed by atoms with Gasteiger partial charge in [-0.2, -0.15) is 0 Å². The number of nitrogen functional groups attached to an aromatic ring is 1. The van der Waals surface area contributed by atoms with Crippen molar-refractivity contribution in [3.05, 3.63) is 45.9 Å². The Hall–Kier alpha value is -1.70. The molecule has 0 radical (unpaired) electrons. The van der Waals surface area contributed by atoms with Crippen LogP contribution in [0.2, 0.25) is 0 Å². The van der Waals surface area contributed by atoms with Crippen molar-refractivity contribution in [3.8, 4) is 0 Å². The lowest BCUT2D eigenvalue weighted by molar-refractivity contribution is 0.102. The molecule has 86 valence electrons. The highest BCUT2D eigenvalue weighted by Crippen LogP contribution is 2.13. The molecule has 0 aliphatic carbocycles. The van der Waals surface area contributed by atoms with Crippen LogP contribution in [0.4, 0.5) is 11.5 Å². The molecule has 3 N–H and O–H groups in total. The average Bonchev–Trinajstić information content (AvgIpc) is 2.29. The number of carbonyl (C=O) groups excluding carboxylic acids is 1. The Kier molecular flexibility index (Phi) is 3.52. The van der Waals surface area contributed by atoms with E-state index < -0.39 is 0 Å². The van der Waals surface area contributed by atoms with E-state index in [1.165, 1.54) is 12.4 Å². The van der Waals surface area contributed by atoms with Gasteiger partial charge in [0.1, 0.15) is 11.5 Å². The van der Waals surface area contributed by atoms with Crippen molar-refractivity contribution in [3.63, 3.8) is 0 Å². The van der Waals surface area contributed by atoms with Crippen LogP contribution >= 0.6 is 22.6 Å². The van der Waals surface area contributed by atoms with Crippen LogP contribution in [0.25, 0.3) is 0 Å². The first kappa shape index (κ1) is 11.8. The van der Waals surface area contributed by atoms with E-state index in [1.807, 2.05) is 18.2 Å². The Labute approximate surface area is 112 Å². The third-order valence-electron chi connectivity index (χ3n) is 1.97. The molecule has 0 atom stereocenters. The summed E-state index contributed by atoms with van der Waals surface area (Å²) >= 11 is 2.17. The molecular formula is C11H9IN4O. The number of halogens is 1. The van der Waals surface area contributed by atoms with Crippen LogP contribution in [0.3, 0.4) is 0 Å². The van der Waals surface area contributed by atoms with E-state index >= 15 is 0 Å². The van der Waals surface area contributed by atoms with Gasteiger partial charge in [-0.15, -0.1) is 0 Å². The summed E-state index contributed by atoms with van der Waals surface area (Å²) in [5.74, 6) is -0.105. The molecule has 17 heavy (non-hydrogen) atoms. The lowest BCUT2D eigenvalue weighted by Crippen LogP contribution is -2.14. The maximum absolute atomic E-state index is 11.8. The van der Waals surface area contributed by atoms with Gasteiger partial charge in [-0.25, -0.2) is 4.98 Å². The van der Waals surface area contributed by atoms with Crippen LogP contribution in [0.1, 0.15) is 10.5 Å². The second kappa shape index (κ2) is 5.09. The second-order valence-corrected chi connectivity index (χ2v) is 4.54. The van der Waals surface area contributed by atoms with Crippen LogP contribution in [0.5, 0.6) is 0 Å². The molecule has 5 nitrogen and oxygen atoms in total. The summed E-state index contributed by atoms with van der Waals surface area (Å²) in [6.07, 6.45) is 2.77. The molecule has 1 aromatic carbocycles. The first-order chi connectivity index (χ1) is 8.15. The summed E-state index contributed by atoms with van der Waals surface area (Å²) < 4.78 is 1.04. The third-order valence-corrected chi connectivity index (χ3v) is 2.64. The summed E-state index contributed by atoms with van der Waals surface area (Å²) in [4.78, 5) is 19.5. The quantitative estimate of drug-likeness (QED) is 0.819. The second-order valence-electron chi connectivity index (χ2n) is 3.29. The van der Waals surface area contributed by atoms with E-state index in [0.29, 0.717) is 5.69 Å². The van der Waals surface area contributed by atoms with Crippen molar-refractivity contribution in [2.24, 2.45) is 0 Å². The molecule has 1 heterocycles. The maximum atomic E-state index is 11.8. The highest BCUT2D eigenvalue weighted by atomic mass is 127. The predicted octanol–water partition coefficient (Wildman–Crippen LogP) is 1.92. The normalized spacial score (nSPS) is 9.94. The van der Waals surface area contributed by atoms with E-state index in [0.717, 1.165) is 3.57 Å². The zero-order valence-electron chi connectivity index (χ0n) is 8.72. The molecule has 2 aromatic rings. The molecule has 0 saturated heterocycles. The first-order valence-corrected chi connectivity index (χ1v) is 5.87. The Morgan fingerprint density at radius 2 is 2.18 bits per heavy atom. The molecule has 0 spiro atoms. The van der Waals surface area contributed by atoms with Crippen molar-refractivity contribution < 1.29 is 4.79 Å². The fourth-order valence-corrected chi connectivity index (χ4v) is 1.79. The van der Waals surface area contributed by atoms with Gasteiger partial charge in [0.05, 0.1) is 12.4 Å². The van der Waals surface area contributed by atoms with Gasteiger partial charge in [0.15, 0.2) is 0 Å². The number of carbonyl (C=O) groups is 1. The van der Waals surface area contributed by atoms with Crippen molar-refractivity contribution >= 4 is 40.0 Å². The van der Waals surface area contributed by atoms with Gasteiger partial charge in [0.2, 0.25) is 0 Å². The number of hydrogen-bond acceptors (Lipinski definition) is 4. The standard InChI is InChI=1S/C11H9IN4O/c12-7-2-1-3-8(4-7)15-11(17)9-5-14-6-10(13)16-9/h1-6H,(H2,13,16)(H,15,17). The molecule has 0 aliphatic rings. The number of rotatable bonds is 2. The maximum Gasteiger partial charge on any atom is 0.275 e. The van der Waals surface area contributed by atoms with Gasteiger partial charge in [0.25, 0.3) is 5.91 Å². The SMILES string of the molecule is Nc1cncc(C(=O)Nc2cccc(I)c2)n1. The fraction of sp³-hybridized carbons (Fsp3) is 0. The van der Waals surface area contributed by atoms with Gasteiger partial charge in [0, 0.05) is 9.26 Å². The fourth-order valence-electron chi connectivity index (χ4n) is 1.25. The van der Waals surface area contributed by atoms with Gasteiger partial charge in [-0.3, -0.25) is 9.78 Å². The third kappa shape index (κ3) is 3.13. The van der Waals surface area contributed by atoms with E-state index in [4.69, 9.17) is 5.73 Å². The Bertz CT molecular complexity index is 559. The van der Waals surface area contributed by atoms with Gasteiger partial charge in [-0.05, 0) is 40.8 Å². The summed E-state index contributed by atoms with van der Waals surface area (Å²) in [5.41, 5.74) is 6.37. The minimum Gasteiger partial charge on any atom is -0.382 e. The monoisotopic (exact) mass is 340 g/mol. The highest BCUT2D eigenvalue weighted by Gasteiger charge is 2.08. The Morgan fingerprint density at radius 3 is 2.88 bits per heavy atom. The topological polar surface area (TPSA) is 80.9 Å². The van der Waals surface area contributed by atoms with Crippen LogP contribution < -0.4 is 11.1 Å². The Morgan fingerprint density at radius 1 is 1.35 bits per heavy atom. The highest BCUT2D eigenvalue weighted by molar-refractivity contribution is 14.1. The summed E-state index contributed by atoms with van der Waals surface area (Å²) in [6, 6.07) is 7.47. The zero-order valence-corrected chi connectivity index (χ0v) is 10.9. The number of nitrogens with two attached hydrogens (primary N) is 1. The number of hydrogen-bond donors (Lipinski definition) is 2. The zero-order chi connectivity index (χ0) is 12.3. The predicted molar refractivity (Wildman–Crippen MR) is 73.6 cm³/mol. The summed E-state index contributed by atoms with van der Waals surface area (Å²) in [5, 5.41) is 2.72. The van der Waals surface area contributed by atoms with Crippen LogP contribution in [0.15, 0.2) is 36.7 Å². The molecule has 2 rings (SSSR count). The molecule has 0 bridgehead atoms. The smallest absolute Gasteiger partial charge is 0.275 e. The largest absolute Gasteiger partial charge is 0.382 e. The Balaban J connectivity index is 2.17. The van der Waals surface area contributed by atoms with E-state index in [2.05, 4.69) is 37.9 Å². The van der Waals surface area contributed by atoms with E-state index in [-0.39, 0.29) is 17.4 Å². The minimum atomic E-state index is -0.327. The minimum absolute atomic E-state index is 0.198. The van der Waals surface area contributed by atoms with E-state index in [1.54, 1.807) is 6.07 Å². The number of amides is 1. The van der Waals surface area contributed by atoms with E-state index in [9.17, 15) is 4.79 Å². The van der Waals surface area contributed by atoms with Crippen molar-refractivity contribution in [1.29, 1.82) is 0 Å². The lowest BCUT2D eigenvalue weighted by Gasteiger charge is -2.04. The summed E-state index contributed by atoms with van der Waals surface area (Å²) in [7, 11) is 0. The number of nitrogens with one attached hydrogen (secondary N) is 1. The molecule has 0 unspecified atom stereocenters. The van der Waals surface area contributed by atoms with Crippen LogP contribution in [0, 0.1) is 3.57 Å². The van der Waals surface area contributed by atoms with Gasteiger partial charge >= 0.3 is 0 Å². The lowest BCUT2D eigenvalue weighted by atomic mass is 10.3. The first-order valence-electron chi connectivity index (χ1n) is 4.79. The summed E-state index contributed by atoms with van der Waals surface area (Å²) in [6.45, 7) is 0. The van der Waals surface area contributed by atoms with Crippen molar-refractivity contribution in [2.75, 3.05) is 11.1 Å². The number of benzene rings is 1. The van der Waals surface area contributed by atoms with Gasteiger partial charge < -0.3 is 11.1 Å². The average molecular weight is 340 g/mol. The molecule has 0 fully saturated rings. The molecule has 0 aliphatic heterocycles.